The van der Waals surface area contributed by atoms with Crippen molar-refractivity contribution in [3.8, 4) is 0 Å². The molecule has 2 aromatic heterocycles. The van der Waals surface area contributed by atoms with Crippen LogP contribution in [0.1, 0.15) is 21.5 Å². The van der Waals surface area contributed by atoms with Gasteiger partial charge in [-0.25, -0.2) is 4.98 Å². The van der Waals surface area contributed by atoms with Gasteiger partial charge in [-0.2, -0.15) is 0 Å². The van der Waals surface area contributed by atoms with Gasteiger partial charge in [0.05, 0.1) is 10.1 Å². The minimum Gasteiger partial charge on any atom is -0.337 e. The zero-order valence-corrected chi connectivity index (χ0v) is 15.0. The number of halogens is 1. The number of thiophene rings is 1. The number of nitrogens with zero attached hydrogens (tertiary/aromatic N) is 3. The average molecular weight is 390 g/mol. The highest BCUT2D eigenvalue weighted by Gasteiger charge is 2.12. The lowest BCUT2D eigenvalue weighted by Gasteiger charge is -2.16. The molecule has 0 N–H and O–H groups in total. The number of imidazole rings is 1. The van der Waals surface area contributed by atoms with Gasteiger partial charge in [-0.05, 0) is 50.6 Å². The van der Waals surface area contributed by atoms with E-state index in [0.717, 1.165) is 21.5 Å². The first kappa shape index (κ1) is 16.0. The Hall–Kier alpha value is -1.92. The Labute approximate surface area is 147 Å². The molecule has 1 amide bonds. The second-order valence-electron chi connectivity index (χ2n) is 5.35. The summed E-state index contributed by atoms with van der Waals surface area (Å²) in [5.41, 5.74) is 2.98. The fraction of sp³-hybridized carbons (Fsp3) is 0.176. The van der Waals surface area contributed by atoms with Gasteiger partial charge in [0.2, 0.25) is 0 Å². The average Bonchev–Trinajstić information content (AvgIpc) is 3.19. The molecule has 2 heterocycles. The SMILES string of the molecule is CN(Cc1csc(Br)c1)C(=O)c1ccc(Cn2ccnc2)cc1. The number of carbonyl (C=O) groups is 1. The van der Waals surface area contributed by atoms with Crippen LogP contribution < -0.4 is 0 Å². The number of amides is 1. The van der Waals surface area contributed by atoms with E-state index in [-0.39, 0.29) is 5.91 Å². The Morgan fingerprint density at radius 3 is 2.70 bits per heavy atom. The molecule has 4 nitrogen and oxygen atoms in total. The molecule has 0 spiro atoms. The van der Waals surface area contributed by atoms with Gasteiger partial charge in [0, 0.05) is 38.1 Å². The van der Waals surface area contributed by atoms with Crippen LogP contribution in [0.25, 0.3) is 0 Å². The summed E-state index contributed by atoms with van der Waals surface area (Å²) in [5, 5.41) is 2.06. The van der Waals surface area contributed by atoms with Crippen molar-refractivity contribution in [3.63, 3.8) is 0 Å². The van der Waals surface area contributed by atoms with E-state index < -0.39 is 0 Å². The van der Waals surface area contributed by atoms with E-state index in [2.05, 4.69) is 26.3 Å². The third kappa shape index (κ3) is 4.09. The lowest BCUT2D eigenvalue weighted by atomic mass is 10.1. The fourth-order valence-corrected chi connectivity index (χ4v) is 3.54. The fourth-order valence-electron chi connectivity index (χ4n) is 2.34. The molecule has 0 fully saturated rings. The number of benzene rings is 1. The largest absolute Gasteiger partial charge is 0.337 e. The van der Waals surface area contributed by atoms with Gasteiger partial charge >= 0.3 is 0 Å². The summed E-state index contributed by atoms with van der Waals surface area (Å²) in [6, 6.07) is 9.79. The summed E-state index contributed by atoms with van der Waals surface area (Å²) < 4.78 is 3.08. The van der Waals surface area contributed by atoms with Crippen molar-refractivity contribution in [3.05, 3.63) is 74.9 Å². The highest BCUT2D eigenvalue weighted by Crippen LogP contribution is 2.22. The summed E-state index contributed by atoms with van der Waals surface area (Å²) in [7, 11) is 1.83. The smallest absolute Gasteiger partial charge is 0.253 e. The van der Waals surface area contributed by atoms with Crippen molar-refractivity contribution in [2.45, 2.75) is 13.1 Å². The molecule has 0 aliphatic rings. The summed E-state index contributed by atoms with van der Waals surface area (Å²) >= 11 is 5.07. The maximum Gasteiger partial charge on any atom is 0.253 e. The van der Waals surface area contributed by atoms with Crippen LogP contribution in [0.15, 0.2) is 58.2 Å². The maximum atomic E-state index is 12.5. The van der Waals surface area contributed by atoms with Gasteiger partial charge < -0.3 is 9.47 Å². The van der Waals surface area contributed by atoms with Crippen molar-refractivity contribution < 1.29 is 4.79 Å². The number of carbonyl (C=O) groups excluding carboxylic acids is 1. The van der Waals surface area contributed by atoms with Crippen molar-refractivity contribution in [1.29, 1.82) is 0 Å². The lowest BCUT2D eigenvalue weighted by Crippen LogP contribution is -2.25. The summed E-state index contributed by atoms with van der Waals surface area (Å²) in [5.74, 6) is 0.0292. The van der Waals surface area contributed by atoms with Gasteiger partial charge in [-0.15, -0.1) is 11.3 Å². The number of hydrogen-bond acceptors (Lipinski definition) is 3. The molecule has 23 heavy (non-hydrogen) atoms. The minimum absolute atomic E-state index is 0.0292. The molecular weight excluding hydrogens is 374 g/mol. The molecule has 6 heteroatoms. The van der Waals surface area contributed by atoms with Crippen molar-refractivity contribution in [2.24, 2.45) is 0 Å². The molecule has 1 aromatic carbocycles. The first-order valence-electron chi connectivity index (χ1n) is 7.15. The van der Waals surface area contributed by atoms with Crippen LogP contribution in [-0.4, -0.2) is 27.4 Å². The summed E-state index contributed by atoms with van der Waals surface area (Å²) in [6.07, 6.45) is 5.47. The van der Waals surface area contributed by atoms with Crippen LogP contribution in [0.2, 0.25) is 0 Å². The second-order valence-corrected chi connectivity index (χ2v) is 7.64. The van der Waals surface area contributed by atoms with Crippen molar-refractivity contribution in [2.75, 3.05) is 7.05 Å². The summed E-state index contributed by atoms with van der Waals surface area (Å²) in [6.45, 7) is 1.37. The Balaban J connectivity index is 1.64. The van der Waals surface area contributed by atoms with E-state index in [1.807, 2.05) is 48.1 Å². The Morgan fingerprint density at radius 1 is 1.30 bits per heavy atom. The zero-order chi connectivity index (χ0) is 16.2. The molecule has 0 aliphatic heterocycles. The normalized spacial score (nSPS) is 10.7. The van der Waals surface area contributed by atoms with Gasteiger partial charge in [-0.3, -0.25) is 4.79 Å². The Morgan fingerprint density at radius 2 is 2.09 bits per heavy atom. The highest BCUT2D eigenvalue weighted by atomic mass is 79.9. The molecule has 3 aromatic rings. The van der Waals surface area contributed by atoms with Crippen LogP contribution in [0.3, 0.4) is 0 Å². The Kier molecular flexibility index (Phi) is 4.93. The van der Waals surface area contributed by atoms with Crippen LogP contribution in [-0.2, 0) is 13.1 Å². The van der Waals surface area contributed by atoms with Crippen molar-refractivity contribution in [1.82, 2.24) is 14.5 Å². The molecule has 0 radical (unpaired) electrons. The minimum atomic E-state index is 0.0292. The first-order valence-corrected chi connectivity index (χ1v) is 8.82. The number of rotatable bonds is 5. The quantitative estimate of drug-likeness (QED) is 0.660. The number of aromatic nitrogens is 2. The predicted octanol–water partition coefficient (Wildman–Crippen LogP) is 4.03. The zero-order valence-electron chi connectivity index (χ0n) is 12.6. The Bertz CT molecular complexity index is 781. The van der Waals surface area contributed by atoms with Gasteiger partial charge in [0.15, 0.2) is 0 Å². The topological polar surface area (TPSA) is 38.1 Å². The second kappa shape index (κ2) is 7.10. The molecule has 0 aliphatic carbocycles. The van der Waals surface area contributed by atoms with E-state index in [1.165, 1.54) is 0 Å². The van der Waals surface area contributed by atoms with E-state index >= 15 is 0 Å². The lowest BCUT2D eigenvalue weighted by molar-refractivity contribution is 0.0785. The maximum absolute atomic E-state index is 12.5. The molecule has 0 unspecified atom stereocenters. The van der Waals surface area contributed by atoms with Crippen LogP contribution >= 0.6 is 27.3 Å². The van der Waals surface area contributed by atoms with Crippen LogP contribution in [0, 0.1) is 0 Å². The molecule has 0 saturated carbocycles. The van der Waals surface area contributed by atoms with E-state index in [4.69, 9.17) is 0 Å². The molecule has 118 valence electrons. The first-order chi connectivity index (χ1) is 11.1. The highest BCUT2D eigenvalue weighted by molar-refractivity contribution is 9.11. The molecule has 0 saturated heterocycles. The van der Waals surface area contributed by atoms with Gasteiger partial charge in [-0.1, -0.05) is 12.1 Å². The molecule has 0 bridgehead atoms. The van der Waals surface area contributed by atoms with Crippen LogP contribution in [0.5, 0.6) is 0 Å². The van der Waals surface area contributed by atoms with Crippen LogP contribution in [0.4, 0.5) is 0 Å². The van der Waals surface area contributed by atoms with Gasteiger partial charge in [0.1, 0.15) is 0 Å². The third-order valence-corrected chi connectivity index (χ3v) is 5.07. The summed E-state index contributed by atoms with van der Waals surface area (Å²) in [4.78, 5) is 18.3. The number of hydrogen-bond donors (Lipinski definition) is 0. The van der Waals surface area contributed by atoms with E-state index in [9.17, 15) is 4.79 Å². The third-order valence-electron chi connectivity index (χ3n) is 3.51. The van der Waals surface area contributed by atoms with Gasteiger partial charge in [0.25, 0.3) is 5.91 Å². The van der Waals surface area contributed by atoms with E-state index in [1.54, 1.807) is 28.8 Å². The standard InChI is InChI=1S/C17H16BrN3OS/c1-20(9-14-8-16(18)23-11-14)17(22)15-4-2-13(3-5-15)10-21-7-6-19-12-21/h2-8,11-12H,9-10H2,1H3. The molecule has 0 atom stereocenters. The monoisotopic (exact) mass is 389 g/mol. The predicted molar refractivity (Wildman–Crippen MR) is 95.6 cm³/mol. The van der Waals surface area contributed by atoms with Crippen molar-refractivity contribution >= 4 is 33.2 Å². The van der Waals surface area contributed by atoms with E-state index in [0.29, 0.717) is 12.1 Å². The molecular formula is C17H16BrN3OS. The molecule has 3 rings (SSSR count).